The molecule has 8 N–H and O–H groups in total. The van der Waals surface area contributed by atoms with Crippen LogP contribution in [0.3, 0.4) is 0 Å². The van der Waals surface area contributed by atoms with Crippen molar-refractivity contribution in [1.29, 1.82) is 0 Å². The number of anilines is 6. The van der Waals surface area contributed by atoms with Gasteiger partial charge in [0.1, 0.15) is 34.6 Å². The number of carbonyl (C=O) groups is 2. The van der Waals surface area contributed by atoms with Crippen molar-refractivity contribution in [2.45, 2.75) is 157 Å². The van der Waals surface area contributed by atoms with Gasteiger partial charge in [0.05, 0.1) is 0 Å². The highest BCUT2D eigenvalue weighted by Gasteiger charge is 2.25. The standard InChI is InChI=1S/2C15H22N4O3.2C7H12N2O/c2*1-14(2,3)9-7-11(18-21-9)16-13(20)17-12-8-10(22-19-12)15(4,5)6;2*1-7(2,3)5-4-6(8)9-10-5/h2*7-8H,1-6H3,(H2,16,17,18,19,20);2*4H,1-3H3,(H2,8,9). The Morgan fingerprint density at radius 3 is 0.641 bits per heavy atom. The number of carbonyl (C=O) groups excluding carboxylic acids is 2. The highest BCUT2D eigenvalue weighted by molar-refractivity contribution is 5.99. The van der Waals surface area contributed by atoms with Crippen molar-refractivity contribution in [2.24, 2.45) is 0 Å². The number of nitrogens with zero attached hydrogens (tertiary/aromatic N) is 6. The number of nitrogens with one attached hydrogen (secondary N) is 4. The third-order valence-electron chi connectivity index (χ3n) is 8.50. The molecule has 6 aromatic rings. The molecule has 20 heteroatoms. The molecule has 6 rings (SSSR count). The molecule has 20 nitrogen and oxygen atoms in total. The van der Waals surface area contributed by atoms with Gasteiger partial charge in [-0.05, 0) is 0 Å². The van der Waals surface area contributed by atoms with Gasteiger partial charge >= 0.3 is 12.1 Å². The first-order valence-electron chi connectivity index (χ1n) is 20.6. The van der Waals surface area contributed by atoms with Crippen LogP contribution in [0.5, 0.6) is 0 Å². The maximum absolute atomic E-state index is 11.9. The van der Waals surface area contributed by atoms with Gasteiger partial charge in [0.25, 0.3) is 0 Å². The lowest BCUT2D eigenvalue weighted by Gasteiger charge is -2.12. The topological polar surface area (TPSA) is 290 Å². The fourth-order valence-corrected chi connectivity index (χ4v) is 4.56. The van der Waals surface area contributed by atoms with Gasteiger partial charge < -0.3 is 38.6 Å². The van der Waals surface area contributed by atoms with Crippen LogP contribution < -0.4 is 32.7 Å². The monoisotopic (exact) mass is 893 g/mol. The fourth-order valence-electron chi connectivity index (χ4n) is 4.56. The van der Waals surface area contributed by atoms with Gasteiger partial charge in [0.2, 0.25) is 0 Å². The second-order valence-electron chi connectivity index (χ2n) is 21.2. The van der Waals surface area contributed by atoms with Crippen LogP contribution >= 0.6 is 0 Å². The lowest BCUT2D eigenvalue weighted by atomic mass is 9.93. The average molecular weight is 893 g/mol. The molecule has 0 unspecified atom stereocenters. The second-order valence-corrected chi connectivity index (χ2v) is 21.2. The molecule has 64 heavy (non-hydrogen) atoms. The van der Waals surface area contributed by atoms with Gasteiger partial charge in [-0.2, -0.15) is 0 Å². The van der Waals surface area contributed by atoms with Crippen LogP contribution in [-0.4, -0.2) is 43.0 Å². The third-order valence-corrected chi connectivity index (χ3v) is 8.50. The summed E-state index contributed by atoms with van der Waals surface area (Å²) in [6.07, 6.45) is 0. The molecule has 0 aliphatic heterocycles. The van der Waals surface area contributed by atoms with Crippen molar-refractivity contribution in [1.82, 2.24) is 30.9 Å². The summed E-state index contributed by atoms with van der Waals surface area (Å²) in [7, 11) is 0. The van der Waals surface area contributed by atoms with Gasteiger partial charge in [-0.15, -0.1) is 0 Å². The third kappa shape index (κ3) is 16.6. The maximum atomic E-state index is 11.9. The maximum Gasteiger partial charge on any atom is 0.326 e. The molecule has 0 aromatic carbocycles. The van der Waals surface area contributed by atoms with E-state index in [-0.39, 0.29) is 32.5 Å². The Labute approximate surface area is 374 Å². The van der Waals surface area contributed by atoms with Crippen molar-refractivity contribution in [2.75, 3.05) is 32.7 Å². The van der Waals surface area contributed by atoms with Gasteiger partial charge in [-0.3, -0.25) is 21.3 Å². The van der Waals surface area contributed by atoms with Crippen molar-refractivity contribution in [3.63, 3.8) is 0 Å². The number of nitrogen functional groups attached to an aromatic ring is 2. The van der Waals surface area contributed by atoms with Gasteiger partial charge in [0, 0.05) is 68.9 Å². The van der Waals surface area contributed by atoms with Crippen molar-refractivity contribution in [3.05, 3.63) is 71.0 Å². The molecule has 0 spiro atoms. The molecule has 0 saturated heterocycles. The number of rotatable bonds is 4. The predicted molar refractivity (Wildman–Crippen MR) is 245 cm³/mol. The molecule has 0 fully saturated rings. The first kappa shape index (κ1) is 51.7. The van der Waals surface area contributed by atoms with Crippen molar-refractivity contribution >= 4 is 47.0 Å². The van der Waals surface area contributed by atoms with E-state index in [0.717, 1.165) is 11.5 Å². The first-order valence-corrected chi connectivity index (χ1v) is 20.6. The van der Waals surface area contributed by atoms with E-state index in [4.69, 9.17) is 38.6 Å². The minimum Gasteiger partial charge on any atom is -0.381 e. The minimum absolute atomic E-state index is 0.00458. The molecule has 0 bridgehead atoms. The molecule has 4 amide bonds. The van der Waals surface area contributed by atoms with Crippen LogP contribution in [0.1, 0.15) is 159 Å². The summed E-state index contributed by atoms with van der Waals surface area (Å²) in [6.45, 7) is 36.3. The summed E-state index contributed by atoms with van der Waals surface area (Å²) in [5.41, 5.74) is 10.1. The highest BCUT2D eigenvalue weighted by Crippen LogP contribution is 2.28. The van der Waals surface area contributed by atoms with Crippen molar-refractivity contribution in [3.8, 4) is 0 Å². The summed E-state index contributed by atoms with van der Waals surface area (Å²) < 4.78 is 30.7. The molecule has 0 aliphatic carbocycles. The van der Waals surface area contributed by atoms with Crippen molar-refractivity contribution < 1.29 is 36.7 Å². The van der Waals surface area contributed by atoms with Crippen LogP contribution in [0, 0.1) is 0 Å². The van der Waals surface area contributed by atoms with Crippen LogP contribution in [0.25, 0.3) is 0 Å². The normalized spacial score (nSPS) is 12.2. The summed E-state index contributed by atoms with van der Waals surface area (Å²) in [4.78, 5) is 23.8. The zero-order valence-corrected chi connectivity index (χ0v) is 40.6. The van der Waals surface area contributed by atoms with E-state index in [2.05, 4.69) is 52.2 Å². The van der Waals surface area contributed by atoms with Crippen LogP contribution in [0.4, 0.5) is 44.5 Å². The lowest BCUT2D eigenvalue weighted by molar-refractivity contribution is 0.260. The lowest BCUT2D eigenvalue weighted by Crippen LogP contribution is -2.19. The first-order chi connectivity index (χ1) is 29.1. The van der Waals surface area contributed by atoms with Crippen LogP contribution in [0.2, 0.25) is 0 Å². The number of nitrogens with two attached hydrogens (primary N) is 2. The van der Waals surface area contributed by atoms with E-state index in [0.29, 0.717) is 57.9 Å². The van der Waals surface area contributed by atoms with E-state index < -0.39 is 12.1 Å². The SMILES string of the molecule is CC(C)(C)c1cc(N)no1.CC(C)(C)c1cc(N)no1.CC(C)(C)c1cc(NC(=O)Nc2cc(C(C)(C)C)on2)no1.CC(C)(C)c1cc(NC(=O)Nc2cc(C(C)(C)C)on2)no1. The Morgan fingerprint density at radius 1 is 0.344 bits per heavy atom. The number of aromatic nitrogens is 6. The van der Waals surface area contributed by atoms with Gasteiger partial charge in [-0.25, -0.2) is 9.59 Å². The Bertz CT molecular complexity index is 2110. The van der Waals surface area contributed by atoms with E-state index >= 15 is 0 Å². The Balaban J connectivity index is 0.000000242. The molecule has 352 valence electrons. The van der Waals surface area contributed by atoms with Gasteiger partial charge in [-0.1, -0.05) is 156 Å². The summed E-state index contributed by atoms with van der Waals surface area (Å²) in [5, 5.41) is 32.8. The fraction of sp³-hybridized carbons (Fsp3) is 0.545. The number of hydrogen-bond acceptors (Lipinski definition) is 16. The smallest absolute Gasteiger partial charge is 0.326 e. The van der Waals surface area contributed by atoms with Crippen LogP contribution in [-0.2, 0) is 32.5 Å². The largest absolute Gasteiger partial charge is 0.381 e. The number of hydrogen-bond donors (Lipinski definition) is 6. The Morgan fingerprint density at radius 2 is 0.516 bits per heavy atom. The molecular formula is C44H68N12O8. The Hall–Kier alpha value is -6.60. The number of urea groups is 2. The molecule has 0 aliphatic rings. The van der Waals surface area contributed by atoms with E-state index in [1.54, 1.807) is 36.4 Å². The predicted octanol–water partition coefficient (Wildman–Crippen LogP) is 10.9. The summed E-state index contributed by atoms with van der Waals surface area (Å²) in [5.74, 6) is 6.72. The minimum atomic E-state index is -0.456. The van der Waals surface area contributed by atoms with E-state index in [1.165, 1.54) is 0 Å². The quantitative estimate of drug-likeness (QED) is 0.0958. The van der Waals surface area contributed by atoms with Crippen LogP contribution in [0.15, 0.2) is 63.5 Å². The second kappa shape index (κ2) is 19.8. The molecule has 6 aromatic heterocycles. The summed E-state index contributed by atoms with van der Waals surface area (Å²) in [6, 6.07) is 9.38. The molecule has 0 radical (unpaired) electrons. The van der Waals surface area contributed by atoms with E-state index in [1.807, 2.05) is 125 Å². The highest BCUT2D eigenvalue weighted by atomic mass is 16.5. The average Bonchev–Trinajstić information content (AvgIpc) is 3.96. The van der Waals surface area contributed by atoms with Gasteiger partial charge in [0.15, 0.2) is 34.9 Å². The Kier molecular flexibility index (Phi) is 16.0. The molecule has 0 saturated carbocycles. The molecule has 6 heterocycles. The zero-order valence-electron chi connectivity index (χ0n) is 40.6. The number of amides is 4. The molecular weight excluding hydrogens is 825 g/mol. The zero-order chi connectivity index (χ0) is 48.6. The molecule has 0 atom stereocenters. The van der Waals surface area contributed by atoms with E-state index in [9.17, 15) is 9.59 Å². The summed E-state index contributed by atoms with van der Waals surface area (Å²) >= 11 is 0.